The smallest absolute Gasteiger partial charge is 0.317 e. The molecular weight excluding hydrogens is 196 g/mol. The Morgan fingerprint density at radius 2 is 2.40 bits per heavy atom. The zero-order chi connectivity index (χ0) is 11.4. The number of nitrogens with one attached hydrogen (secondary N) is 1. The van der Waals surface area contributed by atoms with Gasteiger partial charge in [0.15, 0.2) is 0 Å². The van der Waals surface area contributed by atoms with Crippen LogP contribution in [0, 0.1) is 0 Å². The van der Waals surface area contributed by atoms with Gasteiger partial charge < -0.3 is 15.3 Å². The molecule has 1 heterocycles. The van der Waals surface area contributed by atoms with Crippen LogP contribution in [0.3, 0.4) is 0 Å². The first-order valence-electron chi connectivity index (χ1n) is 5.33. The van der Waals surface area contributed by atoms with Crippen molar-refractivity contribution in [2.75, 3.05) is 6.54 Å². The zero-order valence-electron chi connectivity index (χ0n) is 9.19. The zero-order valence-corrected chi connectivity index (χ0v) is 9.19. The molecule has 1 aliphatic rings. The summed E-state index contributed by atoms with van der Waals surface area (Å²) >= 11 is 0. The molecule has 1 aliphatic heterocycles. The van der Waals surface area contributed by atoms with Gasteiger partial charge in [-0.25, -0.2) is 4.79 Å². The molecule has 0 aromatic heterocycles. The highest BCUT2D eigenvalue weighted by molar-refractivity contribution is 5.77. The minimum Gasteiger partial charge on any atom is -0.481 e. The third-order valence-corrected chi connectivity index (χ3v) is 2.84. The van der Waals surface area contributed by atoms with Crippen molar-refractivity contribution in [3.8, 4) is 0 Å². The van der Waals surface area contributed by atoms with E-state index < -0.39 is 5.97 Å². The maximum Gasteiger partial charge on any atom is 0.317 e. The fourth-order valence-corrected chi connectivity index (χ4v) is 1.69. The molecule has 86 valence electrons. The van der Waals surface area contributed by atoms with Gasteiger partial charge in [0.1, 0.15) is 0 Å². The van der Waals surface area contributed by atoms with E-state index in [4.69, 9.17) is 5.11 Å². The summed E-state index contributed by atoms with van der Waals surface area (Å²) in [6, 6.07) is 0.141. The quantitative estimate of drug-likeness (QED) is 0.718. The van der Waals surface area contributed by atoms with Crippen LogP contribution in [0.1, 0.15) is 33.1 Å². The largest absolute Gasteiger partial charge is 0.481 e. The third-order valence-electron chi connectivity index (χ3n) is 2.84. The number of hydrogen-bond donors (Lipinski definition) is 2. The molecule has 5 nitrogen and oxygen atoms in total. The molecule has 1 rings (SSSR count). The van der Waals surface area contributed by atoms with Crippen LogP contribution in [-0.2, 0) is 4.79 Å². The van der Waals surface area contributed by atoms with Crippen molar-refractivity contribution >= 4 is 12.0 Å². The van der Waals surface area contributed by atoms with Crippen molar-refractivity contribution in [3.63, 3.8) is 0 Å². The molecule has 0 bridgehead atoms. The molecular formula is C10H18N2O3. The topological polar surface area (TPSA) is 69.6 Å². The third kappa shape index (κ3) is 3.11. The maximum absolute atomic E-state index is 11.5. The first kappa shape index (κ1) is 11.8. The molecule has 0 spiro atoms. The van der Waals surface area contributed by atoms with Gasteiger partial charge in [0.25, 0.3) is 0 Å². The highest BCUT2D eigenvalue weighted by Gasteiger charge is 2.31. The second-order valence-corrected chi connectivity index (χ2v) is 3.99. The number of carbonyl (C=O) groups excluding carboxylic acids is 1. The Hall–Kier alpha value is -1.26. The lowest BCUT2D eigenvalue weighted by Gasteiger charge is -2.21. The summed E-state index contributed by atoms with van der Waals surface area (Å²) in [5.41, 5.74) is 0. The Balaban J connectivity index is 2.41. The minimum absolute atomic E-state index is 0.0115. The monoisotopic (exact) mass is 214 g/mol. The number of carboxylic acids is 1. The molecule has 15 heavy (non-hydrogen) atoms. The molecule has 1 saturated heterocycles. The average Bonchev–Trinajstić information content (AvgIpc) is 2.55. The number of nitrogens with zero attached hydrogens (tertiary/aromatic N) is 1. The number of amides is 2. The molecule has 2 atom stereocenters. The van der Waals surface area contributed by atoms with Crippen LogP contribution >= 0.6 is 0 Å². The van der Waals surface area contributed by atoms with Crippen LogP contribution in [-0.4, -0.2) is 40.6 Å². The second-order valence-electron chi connectivity index (χ2n) is 3.99. The molecule has 2 amide bonds. The van der Waals surface area contributed by atoms with Crippen molar-refractivity contribution in [2.24, 2.45) is 0 Å². The van der Waals surface area contributed by atoms with Crippen LogP contribution in [0.15, 0.2) is 0 Å². The lowest BCUT2D eigenvalue weighted by Crippen LogP contribution is -2.35. The van der Waals surface area contributed by atoms with E-state index in [1.54, 1.807) is 4.90 Å². The first-order chi connectivity index (χ1) is 7.04. The Morgan fingerprint density at radius 3 is 2.93 bits per heavy atom. The van der Waals surface area contributed by atoms with Crippen LogP contribution in [0.4, 0.5) is 4.79 Å². The molecule has 0 aromatic rings. The molecule has 2 N–H and O–H groups in total. The normalized spacial score (nSPS) is 22.7. The molecule has 0 aromatic carbocycles. The van der Waals surface area contributed by atoms with Gasteiger partial charge in [-0.15, -0.1) is 0 Å². The van der Waals surface area contributed by atoms with Crippen LogP contribution < -0.4 is 5.32 Å². The molecule has 0 radical (unpaired) electrons. The van der Waals surface area contributed by atoms with E-state index in [-0.39, 0.29) is 24.5 Å². The van der Waals surface area contributed by atoms with E-state index in [9.17, 15) is 9.59 Å². The predicted molar refractivity (Wildman–Crippen MR) is 55.6 cm³/mol. The van der Waals surface area contributed by atoms with Gasteiger partial charge in [-0.05, 0) is 19.8 Å². The van der Waals surface area contributed by atoms with Gasteiger partial charge in [-0.3, -0.25) is 4.79 Å². The molecule has 0 saturated carbocycles. The lowest BCUT2D eigenvalue weighted by atomic mass is 10.1. The van der Waals surface area contributed by atoms with Gasteiger partial charge in [-0.1, -0.05) is 6.92 Å². The van der Waals surface area contributed by atoms with E-state index in [1.807, 2.05) is 13.8 Å². The minimum atomic E-state index is -0.814. The standard InChI is InChI=1S/C10H18N2O3/c1-3-7(2)12-6-8(11-10(12)15)4-5-9(13)14/h7-8H,3-6H2,1-2H3,(H,11,15)(H,13,14). The van der Waals surface area contributed by atoms with Crippen molar-refractivity contribution in [2.45, 2.75) is 45.2 Å². The lowest BCUT2D eigenvalue weighted by molar-refractivity contribution is -0.137. The van der Waals surface area contributed by atoms with Gasteiger partial charge in [0, 0.05) is 25.0 Å². The van der Waals surface area contributed by atoms with Crippen molar-refractivity contribution in [1.82, 2.24) is 10.2 Å². The van der Waals surface area contributed by atoms with Gasteiger partial charge >= 0.3 is 12.0 Å². The number of carboxylic acid groups (broad SMARTS) is 1. The van der Waals surface area contributed by atoms with E-state index in [2.05, 4.69) is 5.32 Å². The maximum atomic E-state index is 11.5. The van der Waals surface area contributed by atoms with Crippen LogP contribution in [0.25, 0.3) is 0 Å². The Bertz CT molecular complexity index is 255. The van der Waals surface area contributed by atoms with E-state index in [0.717, 1.165) is 6.42 Å². The Kier molecular flexibility index (Phi) is 3.94. The molecule has 5 heteroatoms. The van der Waals surface area contributed by atoms with Crippen molar-refractivity contribution in [1.29, 1.82) is 0 Å². The van der Waals surface area contributed by atoms with Crippen molar-refractivity contribution < 1.29 is 14.7 Å². The molecule has 2 unspecified atom stereocenters. The summed E-state index contributed by atoms with van der Waals surface area (Å²) in [4.78, 5) is 23.7. The molecule has 1 fully saturated rings. The van der Waals surface area contributed by atoms with E-state index in [0.29, 0.717) is 13.0 Å². The number of carbonyl (C=O) groups is 2. The van der Waals surface area contributed by atoms with Gasteiger partial charge in [0.2, 0.25) is 0 Å². The van der Waals surface area contributed by atoms with Crippen LogP contribution in [0.2, 0.25) is 0 Å². The fraction of sp³-hybridized carbons (Fsp3) is 0.800. The fourth-order valence-electron chi connectivity index (χ4n) is 1.69. The number of hydrogen-bond acceptors (Lipinski definition) is 2. The number of rotatable bonds is 5. The predicted octanol–water partition coefficient (Wildman–Crippen LogP) is 1.04. The SMILES string of the molecule is CCC(C)N1CC(CCC(=O)O)NC1=O. The number of urea groups is 1. The highest BCUT2D eigenvalue weighted by Crippen LogP contribution is 2.13. The molecule has 0 aliphatic carbocycles. The average molecular weight is 214 g/mol. The summed E-state index contributed by atoms with van der Waals surface area (Å²) in [5, 5.41) is 11.3. The Labute approximate surface area is 89.4 Å². The summed E-state index contributed by atoms with van der Waals surface area (Å²) in [5.74, 6) is -0.814. The van der Waals surface area contributed by atoms with E-state index in [1.165, 1.54) is 0 Å². The van der Waals surface area contributed by atoms with E-state index >= 15 is 0 Å². The second kappa shape index (κ2) is 5.00. The van der Waals surface area contributed by atoms with Crippen LogP contribution in [0.5, 0.6) is 0 Å². The van der Waals surface area contributed by atoms with Crippen molar-refractivity contribution in [3.05, 3.63) is 0 Å². The summed E-state index contributed by atoms with van der Waals surface area (Å²) in [6.07, 6.45) is 1.53. The van der Waals surface area contributed by atoms with Gasteiger partial charge in [-0.2, -0.15) is 0 Å². The number of aliphatic carboxylic acids is 1. The summed E-state index contributed by atoms with van der Waals surface area (Å²) in [7, 11) is 0. The highest BCUT2D eigenvalue weighted by atomic mass is 16.4. The Morgan fingerprint density at radius 1 is 1.73 bits per heavy atom. The summed E-state index contributed by atoms with van der Waals surface area (Å²) in [6.45, 7) is 4.66. The van der Waals surface area contributed by atoms with Gasteiger partial charge in [0.05, 0.1) is 0 Å². The first-order valence-corrected chi connectivity index (χ1v) is 5.33. The summed E-state index contributed by atoms with van der Waals surface area (Å²) < 4.78 is 0.